The molecule has 4 heteroatoms. The number of rotatable bonds is 12. The lowest BCUT2D eigenvalue weighted by Crippen LogP contribution is -2.19. The van der Waals surface area contributed by atoms with Crippen LogP contribution >= 0.6 is 0 Å². The van der Waals surface area contributed by atoms with Crippen LogP contribution in [-0.4, -0.2) is 24.6 Å². The van der Waals surface area contributed by atoms with Crippen LogP contribution in [0.15, 0.2) is 0 Å². The van der Waals surface area contributed by atoms with Gasteiger partial charge in [0.25, 0.3) is 0 Å². The minimum atomic E-state index is -0.309. The summed E-state index contributed by atoms with van der Waals surface area (Å²) >= 11 is 0. The number of ether oxygens (including phenoxy) is 2. The largest absolute Gasteiger partial charge is 0.466 e. The van der Waals surface area contributed by atoms with Crippen LogP contribution in [0.2, 0.25) is 0 Å². The van der Waals surface area contributed by atoms with E-state index in [1.54, 1.807) is 0 Å². The van der Waals surface area contributed by atoms with Crippen molar-refractivity contribution in [2.24, 2.45) is 0 Å². The van der Waals surface area contributed by atoms with Gasteiger partial charge in [0.15, 0.2) is 0 Å². The van der Waals surface area contributed by atoms with Crippen molar-refractivity contribution in [2.75, 3.05) is 6.61 Å². The van der Waals surface area contributed by atoms with Crippen molar-refractivity contribution in [1.82, 2.24) is 0 Å². The summed E-state index contributed by atoms with van der Waals surface area (Å²) in [6.07, 6.45) is 7.08. The predicted octanol–water partition coefficient (Wildman–Crippen LogP) is 4.01. The Bertz CT molecular complexity index is 263. The van der Waals surface area contributed by atoms with Crippen molar-refractivity contribution in [3.63, 3.8) is 0 Å². The minimum Gasteiger partial charge on any atom is -0.466 e. The van der Waals surface area contributed by atoms with E-state index in [9.17, 15) is 9.59 Å². The Kier molecular flexibility index (Phi) is 12.3. The molecule has 20 heavy (non-hydrogen) atoms. The van der Waals surface area contributed by atoms with E-state index in [1.807, 2.05) is 6.92 Å². The molecule has 0 aromatic carbocycles. The van der Waals surface area contributed by atoms with Crippen molar-refractivity contribution in [3.05, 3.63) is 0 Å². The zero-order chi connectivity index (χ0) is 15.2. The van der Waals surface area contributed by atoms with Crippen LogP contribution in [-0.2, 0) is 19.1 Å². The van der Waals surface area contributed by atoms with Gasteiger partial charge in [-0.1, -0.05) is 46.5 Å². The third kappa shape index (κ3) is 10.8. The van der Waals surface area contributed by atoms with E-state index in [0.717, 1.165) is 44.9 Å². The van der Waals surface area contributed by atoms with Gasteiger partial charge in [-0.3, -0.25) is 9.59 Å². The van der Waals surface area contributed by atoms with Gasteiger partial charge >= 0.3 is 11.9 Å². The Morgan fingerprint density at radius 3 is 2.10 bits per heavy atom. The first-order chi connectivity index (χ1) is 9.63. The average molecular weight is 286 g/mol. The van der Waals surface area contributed by atoms with Gasteiger partial charge in [-0.15, -0.1) is 0 Å². The first-order valence-corrected chi connectivity index (χ1v) is 7.99. The fourth-order valence-corrected chi connectivity index (χ4v) is 1.87. The highest BCUT2D eigenvalue weighted by molar-refractivity contribution is 5.77. The van der Waals surface area contributed by atoms with E-state index in [0.29, 0.717) is 6.61 Å². The third-order valence-electron chi connectivity index (χ3n) is 3.08. The molecule has 0 spiro atoms. The fraction of sp³-hybridized carbons (Fsp3) is 0.875. The minimum absolute atomic E-state index is 0.00330. The van der Waals surface area contributed by atoms with E-state index in [-0.39, 0.29) is 30.9 Å². The number of hydrogen-bond acceptors (Lipinski definition) is 4. The lowest BCUT2D eigenvalue weighted by atomic mass is 10.1. The maximum Gasteiger partial charge on any atom is 0.306 e. The topological polar surface area (TPSA) is 52.6 Å². The zero-order valence-electron chi connectivity index (χ0n) is 13.3. The normalized spacial score (nSPS) is 11.9. The van der Waals surface area contributed by atoms with Crippen LogP contribution < -0.4 is 0 Å². The molecule has 0 rings (SSSR count). The molecule has 1 unspecified atom stereocenters. The zero-order valence-corrected chi connectivity index (χ0v) is 13.3. The number of hydrogen-bond donors (Lipinski definition) is 0. The molecule has 0 bridgehead atoms. The molecule has 0 N–H and O–H groups in total. The molecule has 0 saturated carbocycles. The Hall–Kier alpha value is -1.06. The maximum absolute atomic E-state index is 11.7. The summed E-state index contributed by atoms with van der Waals surface area (Å²) in [5.74, 6) is -0.594. The summed E-state index contributed by atoms with van der Waals surface area (Å²) in [6.45, 7) is 6.68. The van der Waals surface area contributed by atoms with Gasteiger partial charge < -0.3 is 9.47 Å². The smallest absolute Gasteiger partial charge is 0.306 e. The number of unbranched alkanes of at least 4 members (excludes halogenated alkanes) is 2. The summed E-state index contributed by atoms with van der Waals surface area (Å²) in [5, 5.41) is 0. The van der Waals surface area contributed by atoms with Gasteiger partial charge in [-0.2, -0.15) is 0 Å². The molecule has 4 nitrogen and oxygen atoms in total. The molecule has 0 aliphatic carbocycles. The van der Waals surface area contributed by atoms with E-state index in [1.165, 1.54) is 0 Å². The second-order valence-corrected chi connectivity index (χ2v) is 5.12. The first-order valence-electron chi connectivity index (χ1n) is 7.99. The molecule has 0 amide bonds. The van der Waals surface area contributed by atoms with E-state index in [4.69, 9.17) is 9.47 Å². The Balaban J connectivity index is 3.85. The Morgan fingerprint density at radius 2 is 1.50 bits per heavy atom. The van der Waals surface area contributed by atoms with Crippen LogP contribution in [0.4, 0.5) is 0 Å². The van der Waals surface area contributed by atoms with E-state index >= 15 is 0 Å². The average Bonchev–Trinajstić information content (AvgIpc) is 2.43. The van der Waals surface area contributed by atoms with E-state index in [2.05, 4.69) is 13.8 Å². The monoisotopic (exact) mass is 286 g/mol. The van der Waals surface area contributed by atoms with Crippen LogP contribution in [0.25, 0.3) is 0 Å². The van der Waals surface area contributed by atoms with Gasteiger partial charge in [0, 0.05) is 0 Å². The molecule has 0 radical (unpaired) electrons. The summed E-state index contributed by atoms with van der Waals surface area (Å²) in [7, 11) is 0. The summed E-state index contributed by atoms with van der Waals surface area (Å²) in [6, 6.07) is 0. The predicted molar refractivity (Wildman–Crippen MR) is 79.4 cm³/mol. The lowest BCUT2D eigenvalue weighted by Gasteiger charge is -2.16. The molecule has 0 aromatic heterocycles. The number of carbonyl (C=O) groups is 2. The molecule has 0 aromatic rings. The van der Waals surface area contributed by atoms with Crippen molar-refractivity contribution in [1.29, 1.82) is 0 Å². The van der Waals surface area contributed by atoms with Gasteiger partial charge in [0.05, 0.1) is 19.4 Å². The molecule has 0 aliphatic heterocycles. The molecule has 0 heterocycles. The van der Waals surface area contributed by atoms with Crippen LogP contribution in [0.1, 0.15) is 78.6 Å². The van der Waals surface area contributed by atoms with Crippen LogP contribution in [0.5, 0.6) is 0 Å². The van der Waals surface area contributed by atoms with Crippen LogP contribution in [0, 0.1) is 0 Å². The quantitative estimate of drug-likeness (QED) is 0.402. The molecule has 0 saturated heterocycles. The van der Waals surface area contributed by atoms with Crippen molar-refractivity contribution < 1.29 is 19.1 Å². The number of esters is 2. The van der Waals surface area contributed by atoms with Gasteiger partial charge in [0.2, 0.25) is 0 Å². The second kappa shape index (κ2) is 12.9. The third-order valence-corrected chi connectivity index (χ3v) is 3.08. The Labute approximate surface area is 123 Å². The standard InChI is InChI=1S/C16H30O4/c1-4-7-10-14(9-6-3)20-16(18)12-11-15(17)19-13-8-5-2/h14H,4-13H2,1-3H3. The maximum atomic E-state index is 11.7. The second-order valence-electron chi connectivity index (χ2n) is 5.12. The highest BCUT2D eigenvalue weighted by Gasteiger charge is 2.15. The first kappa shape index (κ1) is 18.9. The summed E-state index contributed by atoms with van der Waals surface area (Å²) in [5.41, 5.74) is 0. The van der Waals surface area contributed by atoms with Crippen molar-refractivity contribution in [3.8, 4) is 0 Å². The van der Waals surface area contributed by atoms with Crippen LogP contribution in [0.3, 0.4) is 0 Å². The molecular weight excluding hydrogens is 256 g/mol. The number of carbonyl (C=O) groups excluding carboxylic acids is 2. The van der Waals surface area contributed by atoms with Crippen molar-refractivity contribution in [2.45, 2.75) is 84.7 Å². The molecule has 1 atom stereocenters. The lowest BCUT2D eigenvalue weighted by molar-refractivity contribution is -0.154. The summed E-state index contributed by atoms with van der Waals surface area (Å²) < 4.78 is 10.4. The highest BCUT2D eigenvalue weighted by atomic mass is 16.5. The molecular formula is C16H30O4. The summed E-state index contributed by atoms with van der Waals surface area (Å²) in [4.78, 5) is 23.1. The SMILES string of the molecule is CCCCOC(=O)CCC(=O)OC(CCC)CCCC. The van der Waals surface area contributed by atoms with E-state index < -0.39 is 0 Å². The van der Waals surface area contributed by atoms with Crippen molar-refractivity contribution >= 4 is 11.9 Å². The highest BCUT2D eigenvalue weighted by Crippen LogP contribution is 2.12. The van der Waals surface area contributed by atoms with Gasteiger partial charge in [-0.25, -0.2) is 0 Å². The molecule has 0 aliphatic rings. The molecule has 118 valence electrons. The molecule has 0 fully saturated rings. The van der Waals surface area contributed by atoms with Gasteiger partial charge in [0.1, 0.15) is 6.10 Å². The fourth-order valence-electron chi connectivity index (χ4n) is 1.87. The van der Waals surface area contributed by atoms with Gasteiger partial charge in [-0.05, 0) is 19.3 Å². The Morgan fingerprint density at radius 1 is 0.850 bits per heavy atom.